The lowest BCUT2D eigenvalue weighted by Crippen LogP contribution is -2.45. The molecule has 1 saturated heterocycles. The molecule has 5 nitrogen and oxygen atoms in total. The Morgan fingerprint density at radius 1 is 1.35 bits per heavy atom. The summed E-state index contributed by atoms with van der Waals surface area (Å²) in [4.78, 5) is 2.02. The molecule has 1 aliphatic rings. The van der Waals surface area contributed by atoms with Crippen molar-refractivity contribution in [2.75, 3.05) is 44.0 Å². The van der Waals surface area contributed by atoms with Crippen LogP contribution in [0.1, 0.15) is 19.8 Å². The Morgan fingerprint density at radius 3 is 2.70 bits per heavy atom. The van der Waals surface area contributed by atoms with Crippen molar-refractivity contribution in [1.29, 1.82) is 0 Å². The first-order valence-corrected chi connectivity index (χ1v) is 7.07. The van der Waals surface area contributed by atoms with E-state index in [1.54, 1.807) is 0 Å². The number of aliphatic hydroxyl groups is 1. The minimum Gasteiger partial charge on any atom is -0.494 e. The van der Waals surface area contributed by atoms with Gasteiger partial charge in [-0.25, -0.2) is 0 Å². The second-order valence-electron chi connectivity index (χ2n) is 5.39. The third-order valence-electron chi connectivity index (χ3n) is 3.62. The van der Waals surface area contributed by atoms with Crippen molar-refractivity contribution in [3.05, 3.63) is 18.2 Å². The number of anilines is 2. The van der Waals surface area contributed by atoms with Gasteiger partial charge in [-0.2, -0.15) is 0 Å². The van der Waals surface area contributed by atoms with Gasteiger partial charge in [0, 0.05) is 63.2 Å². The lowest BCUT2D eigenvalue weighted by Gasteiger charge is -2.36. The average Bonchev–Trinajstić information content (AvgIpc) is 2.38. The summed E-state index contributed by atoms with van der Waals surface area (Å²) in [6.45, 7) is 4.34. The van der Waals surface area contributed by atoms with Crippen LogP contribution in [0.25, 0.3) is 0 Å². The molecule has 1 aliphatic heterocycles. The highest BCUT2D eigenvalue weighted by Gasteiger charge is 2.31. The summed E-state index contributed by atoms with van der Waals surface area (Å²) >= 11 is 0. The summed E-state index contributed by atoms with van der Waals surface area (Å²) in [5, 5.41) is 10.6. The molecule has 20 heavy (non-hydrogen) atoms. The first-order valence-electron chi connectivity index (χ1n) is 7.07. The van der Waals surface area contributed by atoms with E-state index in [1.807, 2.05) is 37.1 Å². The van der Waals surface area contributed by atoms with E-state index in [-0.39, 0.29) is 0 Å². The Kier molecular flexibility index (Phi) is 4.73. The molecule has 0 spiro atoms. The number of nitrogens with zero attached hydrogens (tertiary/aromatic N) is 1. The quantitative estimate of drug-likeness (QED) is 0.803. The Bertz CT molecular complexity index is 445. The molecule has 5 heteroatoms. The van der Waals surface area contributed by atoms with Gasteiger partial charge < -0.3 is 25.2 Å². The van der Waals surface area contributed by atoms with Crippen molar-refractivity contribution in [2.45, 2.75) is 25.4 Å². The number of benzene rings is 1. The van der Waals surface area contributed by atoms with Crippen LogP contribution >= 0.6 is 0 Å². The lowest BCUT2D eigenvalue weighted by molar-refractivity contribution is -0.0572. The summed E-state index contributed by atoms with van der Waals surface area (Å²) in [5.41, 5.74) is 6.83. The number of nitrogens with two attached hydrogens (primary N) is 1. The minimum absolute atomic E-state index is 0.561. The molecule has 0 amide bonds. The van der Waals surface area contributed by atoms with Gasteiger partial charge in [-0.3, -0.25) is 0 Å². The zero-order valence-electron chi connectivity index (χ0n) is 12.3. The lowest BCUT2D eigenvalue weighted by atomic mass is 9.94. The predicted octanol–water partition coefficient (Wildman–Crippen LogP) is 1.65. The van der Waals surface area contributed by atoms with Crippen molar-refractivity contribution >= 4 is 11.4 Å². The van der Waals surface area contributed by atoms with Crippen LogP contribution in [-0.2, 0) is 4.74 Å². The Morgan fingerprint density at radius 2 is 2.05 bits per heavy atom. The number of likely N-dealkylation sites (N-methyl/N-ethyl adjacent to an activating group) is 1. The fraction of sp³-hybridized carbons (Fsp3) is 0.600. The van der Waals surface area contributed by atoms with Crippen LogP contribution in [0.5, 0.6) is 5.75 Å². The van der Waals surface area contributed by atoms with Gasteiger partial charge in [0.25, 0.3) is 0 Å². The smallest absolute Gasteiger partial charge is 0.123 e. The monoisotopic (exact) mass is 280 g/mol. The zero-order chi connectivity index (χ0) is 14.6. The SMILES string of the molecule is CCOc1cc(N)cc(N(C)CC2(O)CCOCC2)c1. The molecular formula is C15H24N2O3. The van der Waals surface area contributed by atoms with Gasteiger partial charge in [-0.15, -0.1) is 0 Å². The fourth-order valence-electron chi connectivity index (χ4n) is 2.52. The molecule has 0 saturated carbocycles. The molecule has 1 fully saturated rings. The van der Waals surface area contributed by atoms with Gasteiger partial charge in [0.05, 0.1) is 12.2 Å². The number of hydrogen-bond acceptors (Lipinski definition) is 5. The molecule has 1 heterocycles. The maximum absolute atomic E-state index is 10.6. The molecule has 2 rings (SSSR count). The first kappa shape index (κ1) is 14.9. The normalized spacial score (nSPS) is 17.8. The summed E-state index contributed by atoms with van der Waals surface area (Å²) in [5.74, 6) is 0.758. The van der Waals surface area contributed by atoms with Gasteiger partial charge in [-0.1, -0.05) is 0 Å². The van der Waals surface area contributed by atoms with Crippen molar-refractivity contribution in [3.8, 4) is 5.75 Å². The largest absolute Gasteiger partial charge is 0.494 e. The topological polar surface area (TPSA) is 68.0 Å². The molecule has 0 unspecified atom stereocenters. The van der Waals surface area contributed by atoms with Crippen LogP contribution in [0.15, 0.2) is 18.2 Å². The second-order valence-corrected chi connectivity index (χ2v) is 5.39. The van der Waals surface area contributed by atoms with Gasteiger partial charge >= 0.3 is 0 Å². The summed E-state index contributed by atoms with van der Waals surface area (Å²) < 4.78 is 10.8. The van der Waals surface area contributed by atoms with E-state index in [0.29, 0.717) is 44.9 Å². The van der Waals surface area contributed by atoms with Crippen LogP contribution in [0.4, 0.5) is 11.4 Å². The Hall–Kier alpha value is -1.46. The van der Waals surface area contributed by atoms with Crippen molar-refractivity contribution in [1.82, 2.24) is 0 Å². The minimum atomic E-state index is -0.691. The number of rotatable bonds is 5. The van der Waals surface area contributed by atoms with E-state index in [1.165, 1.54) is 0 Å². The van der Waals surface area contributed by atoms with E-state index in [2.05, 4.69) is 0 Å². The maximum Gasteiger partial charge on any atom is 0.123 e. The van der Waals surface area contributed by atoms with E-state index in [4.69, 9.17) is 15.2 Å². The zero-order valence-corrected chi connectivity index (χ0v) is 12.3. The molecule has 112 valence electrons. The number of hydrogen-bond donors (Lipinski definition) is 2. The number of ether oxygens (including phenoxy) is 2. The van der Waals surface area contributed by atoms with E-state index >= 15 is 0 Å². The van der Waals surface area contributed by atoms with E-state index in [9.17, 15) is 5.11 Å². The molecule has 0 radical (unpaired) electrons. The van der Waals surface area contributed by atoms with Crippen LogP contribution < -0.4 is 15.4 Å². The third kappa shape index (κ3) is 3.77. The van der Waals surface area contributed by atoms with Crippen molar-refractivity contribution < 1.29 is 14.6 Å². The highest BCUT2D eigenvalue weighted by atomic mass is 16.5. The Balaban J connectivity index is 2.09. The summed E-state index contributed by atoms with van der Waals surface area (Å²) in [6, 6.07) is 5.65. The average molecular weight is 280 g/mol. The van der Waals surface area contributed by atoms with Crippen LogP contribution in [0.3, 0.4) is 0 Å². The third-order valence-corrected chi connectivity index (χ3v) is 3.62. The number of nitrogen functional groups attached to an aromatic ring is 1. The van der Waals surface area contributed by atoms with Gasteiger partial charge in [-0.05, 0) is 13.0 Å². The van der Waals surface area contributed by atoms with Gasteiger partial charge in [0.1, 0.15) is 5.75 Å². The Labute approximate surface area is 120 Å². The van der Waals surface area contributed by atoms with Crippen molar-refractivity contribution in [2.24, 2.45) is 0 Å². The van der Waals surface area contributed by atoms with Crippen molar-refractivity contribution in [3.63, 3.8) is 0 Å². The molecular weight excluding hydrogens is 256 g/mol. The fourth-order valence-corrected chi connectivity index (χ4v) is 2.52. The molecule has 3 N–H and O–H groups in total. The highest BCUT2D eigenvalue weighted by molar-refractivity contribution is 5.60. The molecule has 0 aromatic heterocycles. The van der Waals surface area contributed by atoms with Crippen LogP contribution in [0.2, 0.25) is 0 Å². The molecule has 1 aromatic rings. The highest BCUT2D eigenvalue weighted by Crippen LogP contribution is 2.28. The van der Waals surface area contributed by atoms with E-state index < -0.39 is 5.60 Å². The molecule has 1 aromatic carbocycles. The van der Waals surface area contributed by atoms with Gasteiger partial charge in [0.15, 0.2) is 0 Å². The summed E-state index contributed by atoms with van der Waals surface area (Å²) in [7, 11) is 1.96. The summed E-state index contributed by atoms with van der Waals surface area (Å²) in [6.07, 6.45) is 1.33. The maximum atomic E-state index is 10.6. The molecule has 0 aliphatic carbocycles. The van der Waals surface area contributed by atoms with E-state index in [0.717, 1.165) is 11.4 Å². The standard InChI is InChI=1S/C15H24N2O3/c1-3-20-14-9-12(16)8-13(10-14)17(2)11-15(18)4-6-19-7-5-15/h8-10,18H,3-7,11,16H2,1-2H3. The molecule has 0 bridgehead atoms. The molecule has 0 atom stereocenters. The second kappa shape index (κ2) is 6.33. The van der Waals surface area contributed by atoms with Crippen LogP contribution in [0, 0.1) is 0 Å². The van der Waals surface area contributed by atoms with Gasteiger partial charge in [0.2, 0.25) is 0 Å². The van der Waals surface area contributed by atoms with Crippen LogP contribution in [-0.4, -0.2) is 44.1 Å². The first-order chi connectivity index (χ1) is 9.52. The predicted molar refractivity (Wildman–Crippen MR) is 80.3 cm³/mol.